The third kappa shape index (κ3) is 4.36. The third-order valence-corrected chi connectivity index (χ3v) is 6.55. The van der Waals surface area contributed by atoms with Gasteiger partial charge in [0.2, 0.25) is 0 Å². The van der Waals surface area contributed by atoms with Gasteiger partial charge in [0.25, 0.3) is 0 Å². The van der Waals surface area contributed by atoms with Gasteiger partial charge >= 0.3 is 5.97 Å². The zero-order valence-electron chi connectivity index (χ0n) is 13.3. The highest BCUT2D eigenvalue weighted by molar-refractivity contribution is 8.00. The van der Waals surface area contributed by atoms with E-state index in [0.29, 0.717) is 30.7 Å². The van der Waals surface area contributed by atoms with E-state index in [2.05, 4.69) is 11.6 Å². The smallest absolute Gasteiger partial charge is 0.308 e. The van der Waals surface area contributed by atoms with Gasteiger partial charge in [0.1, 0.15) is 0 Å². The molecule has 5 heteroatoms. The quantitative estimate of drug-likeness (QED) is 0.706. The third-order valence-electron chi connectivity index (χ3n) is 5.14. The number of thioether (sulfide) groups is 1. The Bertz CT molecular complexity index is 344. The highest BCUT2D eigenvalue weighted by Crippen LogP contribution is 2.42. The van der Waals surface area contributed by atoms with E-state index in [1.54, 1.807) is 0 Å². The van der Waals surface area contributed by atoms with Crippen molar-refractivity contribution < 1.29 is 14.6 Å². The molecule has 2 fully saturated rings. The van der Waals surface area contributed by atoms with Crippen LogP contribution in [0.5, 0.6) is 0 Å². The molecule has 0 bridgehead atoms. The summed E-state index contributed by atoms with van der Waals surface area (Å²) in [5.41, 5.74) is -0.646. The fourth-order valence-corrected chi connectivity index (χ4v) is 4.32. The SMILES string of the molecule is CCOC(=O)C1CCC(O)(CNCC2(SC)CCC2)CC1. The first kappa shape index (κ1) is 17.1. The summed E-state index contributed by atoms with van der Waals surface area (Å²) in [6.07, 6.45) is 8.93. The molecule has 0 atom stereocenters. The van der Waals surface area contributed by atoms with Crippen molar-refractivity contribution in [1.82, 2.24) is 5.32 Å². The van der Waals surface area contributed by atoms with Crippen LogP contribution in [0, 0.1) is 5.92 Å². The van der Waals surface area contributed by atoms with E-state index in [4.69, 9.17) is 4.74 Å². The Labute approximate surface area is 132 Å². The van der Waals surface area contributed by atoms with Crippen molar-refractivity contribution in [2.75, 3.05) is 26.0 Å². The van der Waals surface area contributed by atoms with E-state index < -0.39 is 5.60 Å². The fraction of sp³-hybridized carbons (Fsp3) is 0.938. The van der Waals surface area contributed by atoms with Crippen LogP contribution in [-0.2, 0) is 9.53 Å². The minimum atomic E-state index is -0.646. The second kappa shape index (κ2) is 7.34. The Kier molecular flexibility index (Phi) is 5.97. The van der Waals surface area contributed by atoms with Gasteiger partial charge in [-0.05, 0) is 51.7 Å². The van der Waals surface area contributed by atoms with Gasteiger partial charge in [-0.25, -0.2) is 0 Å². The van der Waals surface area contributed by atoms with Crippen molar-refractivity contribution in [2.24, 2.45) is 5.92 Å². The molecule has 0 radical (unpaired) electrons. The Balaban J connectivity index is 1.71. The number of ether oxygens (including phenoxy) is 1. The summed E-state index contributed by atoms with van der Waals surface area (Å²) in [7, 11) is 0. The molecule has 4 nitrogen and oxygen atoms in total. The highest BCUT2D eigenvalue weighted by Gasteiger charge is 2.39. The van der Waals surface area contributed by atoms with Crippen LogP contribution in [0.1, 0.15) is 51.9 Å². The first-order valence-electron chi connectivity index (χ1n) is 8.17. The van der Waals surface area contributed by atoms with Gasteiger partial charge in [-0.15, -0.1) is 0 Å². The minimum absolute atomic E-state index is 0.0191. The normalized spacial score (nSPS) is 31.5. The lowest BCUT2D eigenvalue weighted by atomic mass is 9.78. The molecule has 2 aliphatic rings. The summed E-state index contributed by atoms with van der Waals surface area (Å²) in [5.74, 6) is -0.113. The first-order valence-corrected chi connectivity index (χ1v) is 9.40. The molecule has 2 N–H and O–H groups in total. The number of hydrogen-bond donors (Lipinski definition) is 2. The van der Waals surface area contributed by atoms with Crippen LogP contribution in [0.15, 0.2) is 0 Å². The summed E-state index contributed by atoms with van der Waals surface area (Å²) in [4.78, 5) is 11.7. The molecule has 2 rings (SSSR count). The van der Waals surface area contributed by atoms with Gasteiger partial charge in [-0.2, -0.15) is 11.8 Å². The standard InChI is InChI=1S/C16H29NO3S/c1-3-20-14(18)13-5-9-15(19,10-6-13)11-17-12-16(21-2)7-4-8-16/h13,17,19H,3-12H2,1-2H3. The molecule has 0 heterocycles. The van der Waals surface area contributed by atoms with Crippen molar-refractivity contribution in [2.45, 2.75) is 62.2 Å². The fourth-order valence-electron chi connectivity index (χ4n) is 3.37. The van der Waals surface area contributed by atoms with Crippen LogP contribution in [0.2, 0.25) is 0 Å². The number of hydrogen-bond acceptors (Lipinski definition) is 5. The Morgan fingerprint density at radius 1 is 1.29 bits per heavy atom. The van der Waals surface area contributed by atoms with Gasteiger partial charge in [-0.3, -0.25) is 4.79 Å². The molecular formula is C16H29NO3S. The number of carbonyl (C=O) groups excluding carboxylic acids is 1. The number of nitrogens with one attached hydrogen (secondary N) is 1. The predicted octanol–water partition coefficient (Wildman–Crippen LogP) is 2.35. The molecule has 2 saturated carbocycles. The Hall–Kier alpha value is -0.260. The molecule has 0 aliphatic heterocycles. The molecule has 0 unspecified atom stereocenters. The van der Waals surface area contributed by atoms with Gasteiger partial charge in [0.15, 0.2) is 0 Å². The molecule has 0 spiro atoms. The Morgan fingerprint density at radius 3 is 2.43 bits per heavy atom. The van der Waals surface area contributed by atoms with Crippen LogP contribution in [0.4, 0.5) is 0 Å². The summed E-state index contributed by atoms with van der Waals surface area (Å²) in [6, 6.07) is 0. The molecule has 0 aromatic heterocycles. The number of aliphatic hydroxyl groups is 1. The summed E-state index contributed by atoms with van der Waals surface area (Å²) >= 11 is 1.95. The van der Waals surface area contributed by atoms with E-state index in [1.807, 2.05) is 18.7 Å². The molecule has 122 valence electrons. The molecule has 21 heavy (non-hydrogen) atoms. The molecule has 0 amide bonds. The molecule has 0 saturated heterocycles. The van der Waals surface area contributed by atoms with Gasteiger partial charge < -0.3 is 15.2 Å². The lowest BCUT2D eigenvalue weighted by Crippen LogP contribution is -2.50. The maximum absolute atomic E-state index is 11.7. The largest absolute Gasteiger partial charge is 0.466 e. The van der Waals surface area contributed by atoms with Gasteiger partial charge in [-0.1, -0.05) is 6.42 Å². The van der Waals surface area contributed by atoms with E-state index in [1.165, 1.54) is 19.3 Å². The van der Waals surface area contributed by atoms with Crippen molar-refractivity contribution in [3.63, 3.8) is 0 Å². The lowest BCUT2D eigenvalue weighted by Gasteiger charge is -2.42. The Morgan fingerprint density at radius 2 is 1.95 bits per heavy atom. The van der Waals surface area contributed by atoms with E-state index in [0.717, 1.165) is 19.4 Å². The average molecular weight is 315 g/mol. The summed E-state index contributed by atoms with van der Waals surface area (Å²) < 4.78 is 5.47. The lowest BCUT2D eigenvalue weighted by molar-refractivity contribution is -0.151. The predicted molar refractivity (Wildman–Crippen MR) is 86.5 cm³/mol. The molecule has 0 aromatic carbocycles. The van der Waals surface area contributed by atoms with Crippen LogP contribution < -0.4 is 5.32 Å². The zero-order valence-corrected chi connectivity index (χ0v) is 14.1. The minimum Gasteiger partial charge on any atom is -0.466 e. The number of rotatable bonds is 7. The van der Waals surface area contributed by atoms with Crippen LogP contribution in [0.25, 0.3) is 0 Å². The van der Waals surface area contributed by atoms with Crippen molar-refractivity contribution in [3.05, 3.63) is 0 Å². The average Bonchev–Trinajstić information content (AvgIpc) is 2.43. The molecule has 0 aromatic rings. The number of esters is 1. The summed E-state index contributed by atoms with van der Waals surface area (Å²) in [5, 5.41) is 14.1. The topological polar surface area (TPSA) is 58.6 Å². The van der Waals surface area contributed by atoms with Crippen molar-refractivity contribution in [3.8, 4) is 0 Å². The van der Waals surface area contributed by atoms with Gasteiger partial charge in [0, 0.05) is 17.8 Å². The van der Waals surface area contributed by atoms with Crippen LogP contribution in [-0.4, -0.2) is 47.4 Å². The number of carbonyl (C=O) groups is 1. The summed E-state index contributed by atoms with van der Waals surface area (Å²) in [6.45, 7) is 3.91. The second-order valence-corrected chi connectivity index (χ2v) is 7.87. The van der Waals surface area contributed by atoms with Crippen LogP contribution in [0.3, 0.4) is 0 Å². The maximum atomic E-state index is 11.7. The zero-order chi connectivity index (χ0) is 15.3. The maximum Gasteiger partial charge on any atom is 0.308 e. The van der Waals surface area contributed by atoms with E-state index in [9.17, 15) is 9.90 Å². The molecule has 2 aliphatic carbocycles. The molecular weight excluding hydrogens is 286 g/mol. The van der Waals surface area contributed by atoms with Crippen LogP contribution >= 0.6 is 11.8 Å². The highest BCUT2D eigenvalue weighted by atomic mass is 32.2. The van der Waals surface area contributed by atoms with E-state index in [-0.39, 0.29) is 11.9 Å². The first-order chi connectivity index (χ1) is 10.0. The van der Waals surface area contributed by atoms with Crippen molar-refractivity contribution >= 4 is 17.7 Å². The van der Waals surface area contributed by atoms with Crippen molar-refractivity contribution in [1.29, 1.82) is 0 Å². The monoisotopic (exact) mass is 315 g/mol. The van der Waals surface area contributed by atoms with E-state index >= 15 is 0 Å². The van der Waals surface area contributed by atoms with Gasteiger partial charge in [0.05, 0.1) is 18.1 Å². The second-order valence-electron chi connectivity index (χ2n) is 6.59.